The number of alkyl halides is 3. The number of benzene rings is 2. The highest BCUT2D eigenvalue weighted by Crippen LogP contribution is 2.31. The van der Waals surface area contributed by atoms with Crippen molar-refractivity contribution >= 4 is 28.3 Å². The molecule has 0 saturated carbocycles. The van der Waals surface area contributed by atoms with Gasteiger partial charge in [-0.25, -0.2) is 9.97 Å². The Morgan fingerprint density at radius 1 is 0.941 bits per heavy atom. The number of aromatic nitrogens is 6. The van der Waals surface area contributed by atoms with Gasteiger partial charge in [0, 0.05) is 29.8 Å². The standard InChI is InChI=1S/C24H21F3N6S/c1-15-12-16(2)32(30-15)11-10-21-29-22-19-8-3-4-9-20(19)28-23(33(22)31-21)34-14-17-6-5-7-18(13-17)24(25,26)27/h3-9,12-13H,10-11,14H2,1-2H3. The highest BCUT2D eigenvalue weighted by atomic mass is 32.2. The summed E-state index contributed by atoms with van der Waals surface area (Å²) in [5, 5.41) is 10.6. The zero-order chi connectivity index (χ0) is 23.9. The van der Waals surface area contributed by atoms with Crippen LogP contribution in [-0.4, -0.2) is 29.4 Å². The van der Waals surface area contributed by atoms with Crippen LogP contribution in [0.1, 0.15) is 28.3 Å². The van der Waals surface area contributed by atoms with Gasteiger partial charge in [0.2, 0.25) is 0 Å². The van der Waals surface area contributed by atoms with Crippen molar-refractivity contribution in [1.29, 1.82) is 0 Å². The number of hydrogen-bond acceptors (Lipinski definition) is 5. The molecule has 0 aliphatic heterocycles. The van der Waals surface area contributed by atoms with Gasteiger partial charge in [0.1, 0.15) is 0 Å². The smallest absolute Gasteiger partial charge is 0.269 e. The maximum atomic E-state index is 13.1. The molecule has 0 spiro atoms. The summed E-state index contributed by atoms with van der Waals surface area (Å²) < 4.78 is 42.9. The summed E-state index contributed by atoms with van der Waals surface area (Å²) in [6.07, 6.45) is -3.78. The lowest BCUT2D eigenvalue weighted by Gasteiger charge is -2.09. The van der Waals surface area contributed by atoms with Gasteiger partial charge >= 0.3 is 6.18 Å². The zero-order valence-corrected chi connectivity index (χ0v) is 19.4. The lowest BCUT2D eigenvalue weighted by molar-refractivity contribution is -0.137. The molecule has 0 fully saturated rings. The molecule has 0 aliphatic rings. The Morgan fingerprint density at radius 2 is 1.76 bits per heavy atom. The summed E-state index contributed by atoms with van der Waals surface area (Å²) in [4.78, 5) is 9.49. The fraction of sp³-hybridized carbons (Fsp3) is 0.250. The van der Waals surface area contributed by atoms with Crippen LogP contribution in [0.4, 0.5) is 13.2 Å². The first-order valence-corrected chi connectivity index (χ1v) is 11.7. The van der Waals surface area contributed by atoms with Crippen molar-refractivity contribution in [3.8, 4) is 0 Å². The number of thioether (sulfide) groups is 1. The molecule has 10 heteroatoms. The van der Waals surface area contributed by atoms with Gasteiger partial charge in [0.05, 0.1) is 16.8 Å². The quantitative estimate of drug-likeness (QED) is 0.231. The fourth-order valence-corrected chi connectivity index (χ4v) is 4.75. The van der Waals surface area contributed by atoms with Crippen LogP contribution in [0.15, 0.2) is 59.8 Å². The van der Waals surface area contributed by atoms with Gasteiger partial charge < -0.3 is 0 Å². The maximum Gasteiger partial charge on any atom is 0.416 e. The molecule has 5 aromatic rings. The predicted octanol–water partition coefficient (Wildman–Crippen LogP) is 5.64. The van der Waals surface area contributed by atoms with Crippen molar-refractivity contribution in [3.05, 3.63) is 82.9 Å². The Kier molecular flexibility index (Phi) is 5.76. The van der Waals surface area contributed by atoms with Crippen LogP contribution < -0.4 is 0 Å². The number of nitrogens with zero attached hydrogens (tertiary/aromatic N) is 6. The number of rotatable bonds is 6. The van der Waals surface area contributed by atoms with Crippen molar-refractivity contribution in [3.63, 3.8) is 0 Å². The molecule has 0 radical (unpaired) electrons. The molecule has 6 nitrogen and oxygen atoms in total. The van der Waals surface area contributed by atoms with Crippen LogP contribution in [0.2, 0.25) is 0 Å². The van der Waals surface area contributed by atoms with Crippen LogP contribution in [0.25, 0.3) is 16.6 Å². The van der Waals surface area contributed by atoms with E-state index in [2.05, 4.69) is 10.2 Å². The average Bonchev–Trinajstić information content (AvgIpc) is 3.38. The lowest BCUT2D eigenvalue weighted by Crippen LogP contribution is -2.06. The van der Waals surface area contributed by atoms with Crippen molar-refractivity contribution < 1.29 is 13.2 Å². The summed E-state index contributed by atoms with van der Waals surface area (Å²) in [5.74, 6) is 0.984. The molecule has 3 aromatic heterocycles. The summed E-state index contributed by atoms with van der Waals surface area (Å²) in [6, 6.07) is 15.0. The Labute approximate surface area is 197 Å². The molecule has 174 valence electrons. The topological polar surface area (TPSA) is 60.9 Å². The van der Waals surface area contributed by atoms with Gasteiger partial charge in [-0.1, -0.05) is 42.1 Å². The molecule has 5 rings (SSSR count). The first kappa shape index (κ1) is 22.4. The largest absolute Gasteiger partial charge is 0.416 e. The van der Waals surface area contributed by atoms with Gasteiger partial charge in [-0.3, -0.25) is 4.68 Å². The second kappa shape index (κ2) is 8.75. The van der Waals surface area contributed by atoms with Gasteiger partial charge in [0.15, 0.2) is 16.6 Å². The molecule has 3 heterocycles. The Morgan fingerprint density at radius 3 is 2.53 bits per heavy atom. The normalized spacial score (nSPS) is 12.1. The van der Waals surface area contributed by atoms with Gasteiger partial charge in [-0.2, -0.15) is 22.8 Å². The Balaban J connectivity index is 1.46. The van der Waals surface area contributed by atoms with Crippen molar-refractivity contribution in [2.24, 2.45) is 0 Å². The number of aryl methyl sites for hydroxylation is 4. The van der Waals surface area contributed by atoms with Gasteiger partial charge in [-0.15, -0.1) is 5.10 Å². The van der Waals surface area contributed by atoms with Crippen LogP contribution in [0.3, 0.4) is 0 Å². The molecular formula is C24H21F3N6S. The third kappa shape index (κ3) is 4.50. The minimum absolute atomic E-state index is 0.325. The van der Waals surface area contributed by atoms with Crippen LogP contribution in [0, 0.1) is 13.8 Å². The molecule has 34 heavy (non-hydrogen) atoms. The number of hydrogen-bond donors (Lipinski definition) is 0. The van der Waals surface area contributed by atoms with Crippen molar-refractivity contribution in [2.75, 3.05) is 0 Å². The van der Waals surface area contributed by atoms with Crippen LogP contribution in [-0.2, 0) is 24.9 Å². The van der Waals surface area contributed by atoms with E-state index in [0.29, 0.717) is 40.9 Å². The van der Waals surface area contributed by atoms with E-state index in [1.807, 2.05) is 48.9 Å². The summed E-state index contributed by atoms with van der Waals surface area (Å²) in [5.41, 5.74) is 3.39. The van der Waals surface area contributed by atoms with Crippen molar-refractivity contribution in [2.45, 2.75) is 43.9 Å². The molecule has 0 saturated heterocycles. The molecule has 0 amide bonds. The monoisotopic (exact) mass is 482 g/mol. The van der Waals surface area contributed by atoms with E-state index in [9.17, 15) is 13.2 Å². The lowest BCUT2D eigenvalue weighted by atomic mass is 10.1. The number of fused-ring (bicyclic) bond motifs is 3. The summed E-state index contributed by atoms with van der Waals surface area (Å²) in [7, 11) is 0. The highest BCUT2D eigenvalue weighted by molar-refractivity contribution is 7.98. The van der Waals surface area contributed by atoms with Crippen LogP contribution in [0.5, 0.6) is 0 Å². The average molecular weight is 483 g/mol. The number of para-hydroxylation sites is 1. The van der Waals surface area contributed by atoms with E-state index in [1.165, 1.54) is 23.9 Å². The Hall–Kier alpha value is -3.40. The second-order valence-corrected chi connectivity index (χ2v) is 9.00. The summed E-state index contributed by atoms with van der Waals surface area (Å²) in [6.45, 7) is 4.62. The van der Waals surface area contributed by atoms with E-state index >= 15 is 0 Å². The second-order valence-electron chi connectivity index (χ2n) is 8.06. The predicted molar refractivity (Wildman–Crippen MR) is 125 cm³/mol. The molecule has 0 unspecified atom stereocenters. The van der Waals surface area contributed by atoms with E-state index < -0.39 is 11.7 Å². The first-order valence-electron chi connectivity index (χ1n) is 10.7. The van der Waals surface area contributed by atoms with E-state index in [1.54, 1.807) is 10.6 Å². The highest BCUT2D eigenvalue weighted by Gasteiger charge is 2.30. The van der Waals surface area contributed by atoms with E-state index in [-0.39, 0.29) is 0 Å². The van der Waals surface area contributed by atoms with Gasteiger partial charge in [-0.05, 0) is 43.7 Å². The zero-order valence-electron chi connectivity index (χ0n) is 18.5. The maximum absolute atomic E-state index is 13.1. The molecule has 0 atom stereocenters. The number of halogens is 3. The first-order chi connectivity index (χ1) is 16.3. The third-order valence-electron chi connectivity index (χ3n) is 5.47. The van der Waals surface area contributed by atoms with E-state index in [4.69, 9.17) is 9.97 Å². The molecular weight excluding hydrogens is 461 g/mol. The molecule has 2 aromatic carbocycles. The van der Waals surface area contributed by atoms with Crippen molar-refractivity contribution in [1.82, 2.24) is 29.4 Å². The Bertz CT molecular complexity index is 1490. The minimum atomic E-state index is -4.37. The SMILES string of the molecule is Cc1cc(C)n(CCc2nc3c4ccccc4nc(SCc4cccc(C(F)(F)F)c4)n3n2)n1. The molecule has 0 bridgehead atoms. The summed E-state index contributed by atoms with van der Waals surface area (Å²) >= 11 is 1.34. The van der Waals surface area contributed by atoms with Gasteiger partial charge in [0.25, 0.3) is 0 Å². The molecule has 0 aliphatic carbocycles. The molecule has 0 N–H and O–H groups in total. The third-order valence-corrected chi connectivity index (χ3v) is 6.47. The van der Waals surface area contributed by atoms with Crippen LogP contribution >= 0.6 is 11.8 Å². The fourth-order valence-electron chi connectivity index (χ4n) is 3.86. The minimum Gasteiger partial charge on any atom is -0.269 e. The van der Waals surface area contributed by atoms with E-state index in [0.717, 1.165) is 28.4 Å².